The second-order valence-corrected chi connectivity index (χ2v) is 2.94. The predicted octanol–water partition coefficient (Wildman–Crippen LogP) is 2.62. The van der Waals surface area contributed by atoms with Crippen LogP contribution in [0.2, 0.25) is 0 Å². The molecule has 0 unspecified atom stereocenters. The van der Waals surface area contributed by atoms with E-state index in [4.69, 9.17) is 9.47 Å². The van der Waals surface area contributed by atoms with E-state index in [9.17, 15) is 0 Å². The molecule has 0 bridgehead atoms. The molecule has 0 aliphatic rings. The summed E-state index contributed by atoms with van der Waals surface area (Å²) in [5, 5.41) is 2.12. The van der Waals surface area contributed by atoms with Gasteiger partial charge in [0.05, 0.1) is 0 Å². The quantitative estimate of drug-likeness (QED) is 0.688. The van der Waals surface area contributed by atoms with Crippen LogP contribution in [-0.4, -0.2) is 13.9 Å². The molecule has 0 saturated heterocycles. The lowest BCUT2D eigenvalue weighted by atomic mass is 10.1. The zero-order chi connectivity index (χ0) is 9.80. The Bertz CT molecular complexity index is 418. The van der Waals surface area contributed by atoms with Gasteiger partial charge in [-0.25, -0.2) is 0 Å². The van der Waals surface area contributed by atoms with E-state index in [1.807, 2.05) is 36.4 Å². The van der Waals surface area contributed by atoms with Crippen LogP contribution in [0.1, 0.15) is 0 Å². The smallest absolute Gasteiger partial charge is 0.188 e. The van der Waals surface area contributed by atoms with E-state index in [0.717, 1.165) is 16.5 Å². The van der Waals surface area contributed by atoms with Gasteiger partial charge < -0.3 is 9.47 Å². The summed E-state index contributed by atoms with van der Waals surface area (Å²) in [6.07, 6.45) is 0. The van der Waals surface area contributed by atoms with Gasteiger partial charge >= 0.3 is 0 Å². The molecule has 0 aliphatic carbocycles. The van der Waals surface area contributed by atoms with E-state index in [0.29, 0.717) is 0 Å². The van der Waals surface area contributed by atoms with Crippen LogP contribution < -0.4 is 4.74 Å². The maximum Gasteiger partial charge on any atom is 0.188 e. The Morgan fingerprint density at radius 3 is 2.93 bits per heavy atom. The van der Waals surface area contributed by atoms with Crippen molar-refractivity contribution in [3.8, 4) is 5.75 Å². The van der Waals surface area contributed by atoms with Crippen LogP contribution in [0.15, 0.2) is 36.4 Å². The van der Waals surface area contributed by atoms with Gasteiger partial charge in [0.1, 0.15) is 5.75 Å². The number of methoxy groups -OCH3 is 1. The maximum atomic E-state index is 5.43. The molecule has 0 N–H and O–H groups in total. The van der Waals surface area contributed by atoms with Gasteiger partial charge in [0, 0.05) is 12.5 Å². The van der Waals surface area contributed by atoms with E-state index < -0.39 is 0 Å². The van der Waals surface area contributed by atoms with Gasteiger partial charge in [0.25, 0.3) is 0 Å². The lowest BCUT2D eigenvalue weighted by Gasteiger charge is -2.07. The number of rotatable bonds is 3. The number of fused-ring (bicyclic) bond motifs is 1. The Morgan fingerprint density at radius 1 is 1.21 bits per heavy atom. The van der Waals surface area contributed by atoms with Crippen molar-refractivity contribution in [2.45, 2.75) is 0 Å². The topological polar surface area (TPSA) is 18.5 Å². The molecule has 71 valence electrons. The molecule has 14 heavy (non-hydrogen) atoms. The largest absolute Gasteiger partial charge is 0.467 e. The summed E-state index contributed by atoms with van der Waals surface area (Å²) >= 11 is 0. The van der Waals surface area contributed by atoms with Crippen molar-refractivity contribution >= 4 is 10.8 Å². The highest BCUT2D eigenvalue weighted by molar-refractivity contribution is 5.87. The second kappa shape index (κ2) is 4.11. The molecule has 0 aliphatic heterocycles. The van der Waals surface area contributed by atoms with Gasteiger partial charge in [-0.05, 0) is 17.5 Å². The molecule has 0 atom stereocenters. The van der Waals surface area contributed by atoms with E-state index in [1.54, 1.807) is 7.11 Å². The average molecular weight is 187 g/mol. The van der Waals surface area contributed by atoms with Crippen LogP contribution in [0, 0.1) is 6.07 Å². The third-order valence-corrected chi connectivity index (χ3v) is 2.00. The SMILES string of the molecule is COCOc1cc[c]c2ccccc12. The van der Waals surface area contributed by atoms with Gasteiger partial charge in [-0.2, -0.15) is 0 Å². The van der Waals surface area contributed by atoms with E-state index in [1.165, 1.54) is 0 Å². The van der Waals surface area contributed by atoms with Crippen molar-refractivity contribution in [3.63, 3.8) is 0 Å². The van der Waals surface area contributed by atoms with Crippen LogP contribution in [0.3, 0.4) is 0 Å². The molecule has 2 aromatic rings. The molecule has 2 aromatic carbocycles. The first-order valence-electron chi connectivity index (χ1n) is 4.43. The Kier molecular flexibility index (Phi) is 2.65. The number of ether oxygens (including phenoxy) is 2. The first-order chi connectivity index (χ1) is 6.92. The highest BCUT2D eigenvalue weighted by Gasteiger charge is 1.99. The van der Waals surface area contributed by atoms with Gasteiger partial charge in [-0.1, -0.05) is 30.3 Å². The number of benzene rings is 2. The minimum Gasteiger partial charge on any atom is -0.467 e. The van der Waals surface area contributed by atoms with Gasteiger partial charge in [-0.3, -0.25) is 0 Å². The summed E-state index contributed by atoms with van der Waals surface area (Å²) in [5.41, 5.74) is 0. The molecule has 0 saturated carbocycles. The van der Waals surface area contributed by atoms with E-state index >= 15 is 0 Å². The van der Waals surface area contributed by atoms with E-state index in [2.05, 4.69) is 6.07 Å². The van der Waals surface area contributed by atoms with Crippen molar-refractivity contribution in [2.75, 3.05) is 13.9 Å². The van der Waals surface area contributed by atoms with Crippen LogP contribution in [0.4, 0.5) is 0 Å². The molecule has 0 heterocycles. The molecule has 0 spiro atoms. The Morgan fingerprint density at radius 2 is 2.07 bits per heavy atom. The molecule has 0 fully saturated rings. The number of hydrogen-bond donors (Lipinski definition) is 0. The van der Waals surface area contributed by atoms with Crippen LogP contribution in [-0.2, 0) is 4.74 Å². The first-order valence-corrected chi connectivity index (χ1v) is 4.43. The summed E-state index contributed by atoms with van der Waals surface area (Å²) in [5.74, 6) is 0.834. The Hall–Kier alpha value is -1.54. The maximum absolute atomic E-state index is 5.43. The van der Waals surface area contributed by atoms with Gasteiger partial charge in [-0.15, -0.1) is 0 Å². The first kappa shape index (κ1) is 9.03. The lowest BCUT2D eigenvalue weighted by molar-refractivity contribution is 0.0522. The molecule has 2 rings (SSSR count). The average Bonchev–Trinajstić information content (AvgIpc) is 2.26. The number of hydrogen-bond acceptors (Lipinski definition) is 2. The Labute approximate surface area is 83.1 Å². The van der Waals surface area contributed by atoms with Crippen LogP contribution in [0.5, 0.6) is 5.75 Å². The van der Waals surface area contributed by atoms with Crippen molar-refractivity contribution in [1.29, 1.82) is 0 Å². The fourth-order valence-electron chi connectivity index (χ4n) is 1.37. The molecular weight excluding hydrogens is 176 g/mol. The van der Waals surface area contributed by atoms with E-state index in [-0.39, 0.29) is 6.79 Å². The van der Waals surface area contributed by atoms with Crippen molar-refractivity contribution in [2.24, 2.45) is 0 Å². The standard InChI is InChI=1S/C12H11O2/c1-13-9-14-12-8-4-6-10-5-2-3-7-11(10)12/h2-5,7-8H,9H2,1H3. The summed E-state index contributed by atoms with van der Waals surface area (Å²) in [6, 6.07) is 14.9. The minimum atomic E-state index is 0.272. The highest BCUT2D eigenvalue weighted by atomic mass is 16.7. The van der Waals surface area contributed by atoms with Crippen LogP contribution >= 0.6 is 0 Å². The van der Waals surface area contributed by atoms with Crippen LogP contribution in [0.25, 0.3) is 10.8 Å². The van der Waals surface area contributed by atoms with Crippen molar-refractivity contribution in [1.82, 2.24) is 0 Å². The normalized spacial score (nSPS) is 10.4. The van der Waals surface area contributed by atoms with Gasteiger partial charge in [0.15, 0.2) is 6.79 Å². The molecule has 1 radical (unpaired) electrons. The minimum absolute atomic E-state index is 0.272. The summed E-state index contributed by atoms with van der Waals surface area (Å²) in [4.78, 5) is 0. The summed E-state index contributed by atoms with van der Waals surface area (Å²) < 4.78 is 10.3. The second-order valence-electron chi connectivity index (χ2n) is 2.94. The summed E-state index contributed by atoms with van der Waals surface area (Å²) in [7, 11) is 1.61. The highest BCUT2D eigenvalue weighted by Crippen LogP contribution is 2.24. The van der Waals surface area contributed by atoms with Crippen molar-refractivity contribution in [3.05, 3.63) is 42.5 Å². The third-order valence-electron chi connectivity index (χ3n) is 2.00. The zero-order valence-corrected chi connectivity index (χ0v) is 7.99. The molecular formula is C12H11O2. The molecule has 2 heteroatoms. The molecule has 2 nitrogen and oxygen atoms in total. The summed E-state index contributed by atoms with van der Waals surface area (Å²) in [6.45, 7) is 0.272. The molecule has 0 aromatic heterocycles. The Balaban J connectivity index is 2.43. The fraction of sp³-hybridized carbons (Fsp3) is 0.167. The fourth-order valence-corrected chi connectivity index (χ4v) is 1.37. The molecule has 0 amide bonds. The third kappa shape index (κ3) is 1.70. The van der Waals surface area contributed by atoms with Gasteiger partial charge in [0.2, 0.25) is 0 Å². The van der Waals surface area contributed by atoms with Crippen molar-refractivity contribution < 1.29 is 9.47 Å². The lowest BCUT2D eigenvalue weighted by Crippen LogP contribution is -1.98. The monoisotopic (exact) mass is 187 g/mol. The predicted molar refractivity (Wildman–Crippen MR) is 55.3 cm³/mol. The zero-order valence-electron chi connectivity index (χ0n) is 7.99.